The molecule has 0 aromatic carbocycles. The fourth-order valence-electron chi connectivity index (χ4n) is 3.15. The molecule has 2 rings (SSSR count). The minimum Gasteiger partial charge on any atom is -0.354 e. The van der Waals surface area contributed by atoms with E-state index in [1.54, 1.807) is 16.7 Å². The van der Waals surface area contributed by atoms with Crippen molar-refractivity contribution >= 4 is 23.6 Å². The zero-order valence-electron chi connectivity index (χ0n) is 14.7. The van der Waals surface area contributed by atoms with E-state index in [4.69, 9.17) is 0 Å². The summed E-state index contributed by atoms with van der Waals surface area (Å²) in [5, 5.41) is 6.45. The molecular weight excluding hydrogens is 310 g/mol. The number of nitrogens with one attached hydrogen (secondary N) is 2. The lowest BCUT2D eigenvalue weighted by Gasteiger charge is -2.27. The predicted octanol–water partition coefficient (Wildman–Crippen LogP) is 1.83. The van der Waals surface area contributed by atoms with E-state index in [0.29, 0.717) is 30.5 Å². The highest BCUT2D eigenvalue weighted by molar-refractivity contribution is 7.99. The number of carbonyl (C=O) groups is 2. The average Bonchev–Trinajstić information content (AvgIpc) is 2.96. The summed E-state index contributed by atoms with van der Waals surface area (Å²) >= 11 is 1.67. The van der Waals surface area contributed by atoms with Crippen LogP contribution in [0.5, 0.6) is 0 Å². The minimum atomic E-state index is -0.292. The van der Waals surface area contributed by atoms with Gasteiger partial charge in [-0.25, -0.2) is 0 Å². The highest BCUT2D eigenvalue weighted by Gasteiger charge is 2.35. The van der Waals surface area contributed by atoms with Crippen molar-refractivity contribution in [2.75, 3.05) is 31.3 Å². The van der Waals surface area contributed by atoms with Gasteiger partial charge in [0.1, 0.15) is 6.04 Å². The lowest BCUT2D eigenvalue weighted by molar-refractivity contribution is -0.139. The number of thioether (sulfide) groups is 1. The molecule has 2 fully saturated rings. The van der Waals surface area contributed by atoms with Crippen LogP contribution in [0.1, 0.15) is 46.5 Å². The number of rotatable bonds is 5. The summed E-state index contributed by atoms with van der Waals surface area (Å²) in [5.74, 6) is 2.13. The molecular formula is C17H31N3O2S. The van der Waals surface area contributed by atoms with Crippen molar-refractivity contribution in [1.82, 2.24) is 15.5 Å². The molecule has 0 aromatic rings. The largest absolute Gasteiger partial charge is 0.354 e. The molecule has 0 saturated carbocycles. The quantitative estimate of drug-likeness (QED) is 0.801. The molecule has 0 spiro atoms. The van der Waals surface area contributed by atoms with Gasteiger partial charge in [0.05, 0.1) is 5.88 Å². The zero-order chi connectivity index (χ0) is 16.9. The molecule has 2 aliphatic heterocycles. The number of amides is 2. The molecule has 0 bridgehead atoms. The molecule has 2 saturated heterocycles. The molecule has 6 heteroatoms. The first-order chi connectivity index (χ1) is 10.9. The lowest BCUT2D eigenvalue weighted by atomic mass is 9.91. The number of nitrogens with zero attached hydrogens (tertiary/aromatic N) is 1. The van der Waals surface area contributed by atoms with Crippen LogP contribution in [-0.4, -0.2) is 54.0 Å². The Morgan fingerprint density at radius 1 is 1.35 bits per heavy atom. The van der Waals surface area contributed by atoms with Gasteiger partial charge in [-0.1, -0.05) is 20.8 Å². The van der Waals surface area contributed by atoms with Gasteiger partial charge in [-0.3, -0.25) is 9.59 Å². The van der Waals surface area contributed by atoms with E-state index in [1.807, 2.05) is 0 Å². The Labute approximate surface area is 144 Å². The molecule has 0 aliphatic carbocycles. The average molecular weight is 342 g/mol. The number of piperidine rings is 1. The second-order valence-electron chi connectivity index (χ2n) is 7.91. The van der Waals surface area contributed by atoms with E-state index in [0.717, 1.165) is 19.5 Å². The second-order valence-corrected chi connectivity index (χ2v) is 8.91. The molecule has 2 aliphatic rings. The van der Waals surface area contributed by atoms with E-state index in [1.165, 1.54) is 12.8 Å². The van der Waals surface area contributed by atoms with Crippen molar-refractivity contribution in [1.29, 1.82) is 0 Å². The number of hydrogen-bond acceptors (Lipinski definition) is 4. The Kier molecular flexibility index (Phi) is 6.77. The third-order valence-electron chi connectivity index (χ3n) is 4.44. The zero-order valence-corrected chi connectivity index (χ0v) is 15.5. The summed E-state index contributed by atoms with van der Waals surface area (Å²) < 4.78 is 0. The molecule has 132 valence electrons. The van der Waals surface area contributed by atoms with Gasteiger partial charge < -0.3 is 15.5 Å². The number of carbonyl (C=O) groups excluding carboxylic acids is 2. The van der Waals surface area contributed by atoms with Crippen molar-refractivity contribution < 1.29 is 9.59 Å². The Morgan fingerprint density at radius 3 is 2.78 bits per heavy atom. The van der Waals surface area contributed by atoms with Gasteiger partial charge in [-0.05, 0) is 43.7 Å². The van der Waals surface area contributed by atoms with Crippen LogP contribution >= 0.6 is 11.8 Å². The van der Waals surface area contributed by atoms with Crippen LogP contribution in [0.3, 0.4) is 0 Å². The van der Waals surface area contributed by atoms with Crippen molar-refractivity contribution in [3.8, 4) is 0 Å². The summed E-state index contributed by atoms with van der Waals surface area (Å²) in [4.78, 5) is 26.6. The Bertz CT molecular complexity index is 417. The van der Waals surface area contributed by atoms with E-state index in [2.05, 4.69) is 31.4 Å². The van der Waals surface area contributed by atoms with Crippen LogP contribution in [0.2, 0.25) is 0 Å². The van der Waals surface area contributed by atoms with Crippen molar-refractivity contribution in [2.45, 2.75) is 52.5 Å². The monoisotopic (exact) mass is 341 g/mol. The molecule has 0 radical (unpaired) electrons. The first-order valence-electron chi connectivity index (χ1n) is 8.72. The van der Waals surface area contributed by atoms with Crippen molar-refractivity contribution in [2.24, 2.45) is 11.3 Å². The fraction of sp³-hybridized carbons (Fsp3) is 0.882. The summed E-state index contributed by atoms with van der Waals surface area (Å²) in [5.41, 5.74) is -0.0423. The van der Waals surface area contributed by atoms with Crippen LogP contribution in [0.4, 0.5) is 0 Å². The van der Waals surface area contributed by atoms with Crippen LogP contribution in [-0.2, 0) is 9.59 Å². The van der Waals surface area contributed by atoms with Crippen LogP contribution < -0.4 is 10.6 Å². The Balaban J connectivity index is 1.77. The summed E-state index contributed by atoms with van der Waals surface area (Å²) in [6.45, 7) is 9.07. The smallest absolute Gasteiger partial charge is 0.243 e. The van der Waals surface area contributed by atoms with Gasteiger partial charge >= 0.3 is 0 Å². The SMILES string of the molecule is CC(C)(C)CC(=O)N1CSCC1C(=O)NCCC1CCCNC1. The summed E-state index contributed by atoms with van der Waals surface area (Å²) in [7, 11) is 0. The first-order valence-corrected chi connectivity index (χ1v) is 9.88. The first kappa shape index (κ1) is 18.6. The molecule has 0 aromatic heterocycles. The highest BCUT2D eigenvalue weighted by Crippen LogP contribution is 2.26. The maximum atomic E-state index is 12.4. The molecule has 2 N–H and O–H groups in total. The van der Waals surface area contributed by atoms with Gasteiger partial charge in [-0.2, -0.15) is 0 Å². The van der Waals surface area contributed by atoms with Crippen LogP contribution in [0, 0.1) is 11.3 Å². The topological polar surface area (TPSA) is 61.4 Å². The minimum absolute atomic E-state index is 0.0148. The standard InChI is InChI=1S/C17H31N3O2S/c1-17(2,3)9-15(21)20-12-23-11-14(20)16(22)19-8-6-13-5-4-7-18-10-13/h13-14,18H,4-12H2,1-3H3,(H,19,22). The van der Waals surface area contributed by atoms with Gasteiger partial charge in [0, 0.05) is 18.7 Å². The van der Waals surface area contributed by atoms with Gasteiger partial charge in [-0.15, -0.1) is 11.8 Å². The van der Waals surface area contributed by atoms with E-state index in [9.17, 15) is 9.59 Å². The summed E-state index contributed by atoms with van der Waals surface area (Å²) in [6, 6.07) is -0.292. The van der Waals surface area contributed by atoms with E-state index in [-0.39, 0.29) is 23.3 Å². The third kappa shape index (κ3) is 5.99. The normalized spacial score (nSPS) is 25.4. The summed E-state index contributed by atoms with van der Waals surface area (Å²) in [6.07, 6.45) is 3.99. The van der Waals surface area contributed by atoms with Crippen LogP contribution in [0.15, 0.2) is 0 Å². The molecule has 5 nitrogen and oxygen atoms in total. The van der Waals surface area contributed by atoms with E-state index >= 15 is 0 Å². The Morgan fingerprint density at radius 2 is 2.13 bits per heavy atom. The second kappa shape index (κ2) is 8.38. The number of hydrogen-bond donors (Lipinski definition) is 2. The molecule has 2 heterocycles. The third-order valence-corrected chi connectivity index (χ3v) is 5.45. The van der Waals surface area contributed by atoms with Crippen molar-refractivity contribution in [3.05, 3.63) is 0 Å². The molecule has 23 heavy (non-hydrogen) atoms. The van der Waals surface area contributed by atoms with Gasteiger partial charge in [0.2, 0.25) is 11.8 Å². The van der Waals surface area contributed by atoms with Gasteiger partial charge in [0.25, 0.3) is 0 Å². The highest BCUT2D eigenvalue weighted by atomic mass is 32.2. The maximum absolute atomic E-state index is 12.4. The molecule has 2 atom stereocenters. The van der Waals surface area contributed by atoms with E-state index < -0.39 is 0 Å². The lowest BCUT2D eigenvalue weighted by Crippen LogP contribution is -2.48. The van der Waals surface area contributed by atoms with Gasteiger partial charge in [0.15, 0.2) is 0 Å². The molecule has 2 amide bonds. The van der Waals surface area contributed by atoms with Crippen LogP contribution in [0.25, 0.3) is 0 Å². The van der Waals surface area contributed by atoms with Crippen molar-refractivity contribution in [3.63, 3.8) is 0 Å². The molecule has 2 unspecified atom stereocenters. The fourth-order valence-corrected chi connectivity index (χ4v) is 4.33. The Hall–Kier alpha value is -0.750. The maximum Gasteiger partial charge on any atom is 0.243 e. The predicted molar refractivity (Wildman–Crippen MR) is 95.3 cm³/mol.